The molecule has 0 saturated heterocycles. The zero-order valence-electron chi connectivity index (χ0n) is 17.6. The molecule has 1 atom stereocenters. The van der Waals surface area contributed by atoms with Crippen LogP contribution < -0.4 is 0 Å². The van der Waals surface area contributed by atoms with Crippen LogP contribution in [0, 0.1) is 6.92 Å². The molecule has 0 amide bonds. The van der Waals surface area contributed by atoms with Gasteiger partial charge in [-0.05, 0) is 57.3 Å². The van der Waals surface area contributed by atoms with Crippen molar-refractivity contribution in [3.05, 3.63) is 65.2 Å². The summed E-state index contributed by atoms with van der Waals surface area (Å²) in [6.07, 6.45) is 4.82. The number of aromatic nitrogens is 3. The molecule has 5 heteroatoms. The molecule has 0 radical (unpaired) electrons. The molecule has 0 fully saturated rings. The molecule has 0 aliphatic heterocycles. The number of rotatable bonds is 7. The summed E-state index contributed by atoms with van der Waals surface area (Å²) in [5.41, 5.74) is 5.59. The van der Waals surface area contributed by atoms with E-state index in [1.54, 1.807) is 22.9 Å². The number of hydrogen-bond donors (Lipinski definition) is 0. The lowest BCUT2D eigenvalue weighted by atomic mass is 9.86. The van der Waals surface area contributed by atoms with Crippen molar-refractivity contribution < 1.29 is 0 Å². The van der Waals surface area contributed by atoms with Gasteiger partial charge in [0.1, 0.15) is 0 Å². The van der Waals surface area contributed by atoms with E-state index in [2.05, 4.69) is 71.0 Å². The number of thioether (sulfide) groups is 1. The average molecular weight is 407 g/mol. The molecule has 152 valence electrons. The molecule has 0 N–H and O–H groups in total. The van der Waals surface area contributed by atoms with E-state index in [9.17, 15) is 0 Å². The lowest BCUT2D eigenvalue weighted by Crippen LogP contribution is -2.37. The second kappa shape index (κ2) is 9.14. The van der Waals surface area contributed by atoms with Crippen LogP contribution >= 0.6 is 11.8 Å². The fourth-order valence-corrected chi connectivity index (χ4v) is 5.01. The zero-order valence-corrected chi connectivity index (χ0v) is 18.5. The van der Waals surface area contributed by atoms with Crippen molar-refractivity contribution in [2.75, 3.05) is 19.3 Å². The van der Waals surface area contributed by atoms with Crippen LogP contribution in [0.15, 0.2) is 53.7 Å². The smallest absolute Gasteiger partial charge is 0.191 e. The number of benzene rings is 2. The van der Waals surface area contributed by atoms with E-state index in [1.807, 2.05) is 18.2 Å². The molecule has 2 aromatic carbocycles. The summed E-state index contributed by atoms with van der Waals surface area (Å²) in [4.78, 5) is 2.55. The van der Waals surface area contributed by atoms with Crippen molar-refractivity contribution in [1.29, 1.82) is 0 Å². The molecule has 0 spiro atoms. The van der Waals surface area contributed by atoms with Crippen molar-refractivity contribution in [3.8, 4) is 11.4 Å². The van der Waals surface area contributed by atoms with Gasteiger partial charge in [0, 0.05) is 24.4 Å². The largest absolute Gasteiger partial charge is 0.305 e. The van der Waals surface area contributed by atoms with E-state index in [4.69, 9.17) is 0 Å². The molecule has 4 rings (SSSR count). The van der Waals surface area contributed by atoms with Crippen molar-refractivity contribution in [2.24, 2.45) is 7.05 Å². The van der Waals surface area contributed by atoms with Crippen LogP contribution in [0.3, 0.4) is 0 Å². The molecule has 3 aromatic rings. The van der Waals surface area contributed by atoms with Gasteiger partial charge in [-0.2, -0.15) is 0 Å². The fraction of sp³-hybridized carbons (Fsp3) is 0.417. The Morgan fingerprint density at radius 2 is 1.93 bits per heavy atom. The topological polar surface area (TPSA) is 34.0 Å². The van der Waals surface area contributed by atoms with Gasteiger partial charge in [0.15, 0.2) is 11.0 Å². The van der Waals surface area contributed by atoms with E-state index < -0.39 is 0 Å². The van der Waals surface area contributed by atoms with Crippen LogP contribution in [0.4, 0.5) is 0 Å². The highest BCUT2D eigenvalue weighted by molar-refractivity contribution is 7.99. The third-order valence-electron chi connectivity index (χ3n) is 5.94. The molecule has 1 aromatic heterocycles. The van der Waals surface area contributed by atoms with Crippen LogP contribution in [0.25, 0.3) is 11.4 Å². The SMILES string of the molecule is Cc1ccc2c(c1)CCC(N(C)CCCSc1nnc(-c3ccccc3)n1C)C2. The summed E-state index contributed by atoms with van der Waals surface area (Å²) in [6, 6.07) is 17.9. The van der Waals surface area contributed by atoms with Crippen LogP contribution in [0.2, 0.25) is 0 Å². The number of aryl methyl sites for hydroxylation is 2. The Morgan fingerprint density at radius 1 is 1.10 bits per heavy atom. The molecule has 1 aliphatic rings. The summed E-state index contributed by atoms with van der Waals surface area (Å²) >= 11 is 1.80. The van der Waals surface area contributed by atoms with E-state index in [1.165, 1.54) is 24.8 Å². The second-order valence-electron chi connectivity index (χ2n) is 8.08. The molecule has 1 aliphatic carbocycles. The average Bonchev–Trinajstić information content (AvgIpc) is 3.11. The maximum Gasteiger partial charge on any atom is 0.191 e. The van der Waals surface area contributed by atoms with Gasteiger partial charge in [-0.3, -0.25) is 0 Å². The Balaban J connectivity index is 1.26. The van der Waals surface area contributed by atoms with E-state index in [0.717, 1.165) is 35.3 Å². The van der Waals surface area contributed by atoms with Gasteiger partial charge in [-0.1, -0.05) is 65.9 Å². The Bertz CT molecular complexity index is 951. The minimum atomic E-state index is 0.662. The minimum Gasteiger partial charge on any atom is -0.305 e. The van der Waals surface area contributed by atoms with Crippen LogP contribution in [0.5, 0.6) is 0 Å². The zero-order chi connectivity index (χ0) is 20.2. The fourth-order valence-electron chi connectivity index (χ4n) is 4.18. The van der Waals surface area contributed by atoms with Crippen molar-refractivity contribution >= 4 is 11.8 Å². The first-order valence-corrected chi connectivity index (χ1v) is 11.5. The molecular weight excluding hydrogens is 376 g/mol. The molecule has 29 heavy (non-hydrogen) atoms. The van der Waals surface area contributed by atoms with E-state index >= 15 is 0 Å². The Hall–Kier alpha value is -2.11. The molecule has 0 saturated carbocycles. The molecule has 0 bridgehead atoms. The molecule has 4 nitrogen and oxygen atoms in total. The highest BCUT2D eigenvalue weighted by atomic mass is 32.2. The summed E-state index contributed by atoms with van der Waals surface area (Å²) < 4.78 is 2.10. The van der Waals surface area contributed by atoms with Crippen LogP contribution in [-0.4, -0.2) is 45.1 Å². The Morgan fingerprint density at radius 3 is 2.76 bits per heavy atom. The van der Waals surface area contributed by atoms with Gasteiger partial charge in [0.2, 0.25) is 0 Å². The summed E-state index contributed by atoms with van der Waals surface area (Å²) in [7, 11) is 4.34. The summed E-state index contributed by atoms with van der Waals surface area (Å²) in [6.45, 7) is 3.32. The maximum absolute atomic E-state index is 4.39. The van der Waals surface area contributed by atoms with Crippen LogP contribution in [0.1, 0.15) is 29.5 Å². The van der Waals surface area contributed by atoms with Gasteiger partial charge in [0.05, 0.1) is 0 Å². The van der Waals surface area contributed by atoms with Crippen LogP contribution in [-0.2, 0) is 19.9 Å². The minimum absolute atomic E-state index is 0.662. The van der Waals surface area contributed by atoms with E-state index in [0.29, 0.717) is 6.04 Å². The molecule has 1 unspecified atom stereocenters. The van der Waals surface area contributed by atoms with Gasteiger partial charge in [-0.15, -0.1) is 10.2 Å². The maximum atomic E-state index is 4.39. The third kappa shape index (κ3) is 4.73. The predicted octanol–water partition coefficient (Wildman–Crippen LogP) is 4.76. The van der Waals surface area contributed by atoms with Gasteiger partial charge in [0.25, 0.3) is 0 Å². The van der Waals surface area contributed by atoms with E-state index in [-0.39, 0.29) is 0 Å². The van der Waals surface area contributed by atoms with Crippen molar-refractivity contribution in [1.82, 2.24) is 19.7 Å². The number of likely N-dealkylation sites (N-methyl/N-ethyl adjacent to an activating group) is 1. The number of fused-ring (bicyclic) bond motifs is 1. The standard InChI is InChI=1S/C24H30N4S/c1-18-10-11-21-17-22(13-12-20(21)16-18)27(2)14-7-15-29-24-26-25-23(28(24)3)19-8-5-4-6-9-19/h4-6,8-11,16,22H,7,12-15,17H2,1-3H3. The molecular formula is C24H30N4S. The quantitative estimate of drug-likeness (QED) is 0.418. The lowest BCUT2D eigenvalue weighted by Gasteiger charge is -2.32. The highest BCUT2D eigenvalue weighted by Gasteiger charge is 2.21. The first-order valence-electron chi connectivity index (χ1n) is 10.5. The monoisotopic (exact) mass is 406 g/mol. The van der Waals surface area contributed by atoms with Gasteiger partial charge in [-0.25, -0.2) is 0 Å². The lowest BCUT2D eigenvalue weighted by molar-refractivity contribution is 0.223. The Labute approximate surface area is 178 Å². The Kier molecular flexibility index (Phi) is 6.36. The second-order valence-corrected chi connectivity index (χ2v) is 9.14. The molecule has 1 heterocycles. The van der Waals surface area contributed by atoms with Crippen molar-refractivity contribution in [2.45, 2.75) is 43.8 Å². The summed E-state index contributed by atoms with van der Waals surface area (Å²) in [5, 5.41) is 9.77. The normalized spacial score (nSPS) is 16.2. The number of nitrogens with zero attached hydrogens (tertiary/aromatic N) is 4. The van der Waals surface area contributed by atoms with Gasteiger partial charge >= 0.3 is 0 Å². The predicted molar refractivity (Wildman–Crippen MR) is 121 cm³/mol. The number of hydrogen-bond acceptors (Lipinski definition) is 4. The third-order valence-corrected chi connectivity index (χ3v) is 7.05. The van der Waals surface area contributed by atoms with Crippen molar-refractivity contribution in [3.63, 3.8) is 0 Å². The highest BCUT2D eigenvalue weighted by Crippen LogP contribution is 2.26. The first kappa shape index (κ1) is 20.2. The first-order chi connectivity index (χ1) is 14.1. The summed E-state index contributed by atoms with van der Waals surface area (Å²) in [5.74, 6) is 1.99. The van der Waals surface area contributed by atoms with Gasteiger partial charge < -0.3 is 9.47 Å².